The van der Waals surface area contributed by atoms with Crippen molar-refractivity contribution in [3.8, 4) is 5.82 Å². The van der Waals surface area contributed by atoms with E-state index in [1.165, 1.54) is 7.11 Å². The predicted octanol–water partition coefficient (Wildman–Crippen LogP) is 5.61. The normalized spacial score (nSPS) is 16.8. The quantitative estimate of drug-likeness (QED) is 0.284. The lowest BCUT2D eigenvalue weighted by Gasteiger charge is -2.28. The van der Waals surface area contributed by atoms with Crippen molar-refractivity contribution in [1.82, 2.24) is 19.9 Å². The second kappa shape index (κ2) is 11.1. The van der Waals surface area contributed by atoms with E-state index >= 15 is 0 Å². The van der Waals surface area contributed by atoms with Crippen molar-refractivity contribution in [2.75, 3.05) is 23.9 Å². The number of nitrogens with one attached hydrogen (secondary N) is 2. The first kappa shape index (κ1) is 26.8. The molecule has 10 heteroatoms. The van der Waals surface area contributed by atoms with E-state index in [-0.39, 0.29) is 24.6 Å². The molecule has 5 rings (SSSR count). The zero-order chi connectivity index (χ0) is 27.7. The molecule has 1 aliphatic heterocycles. The molecular formula is C29H29ClN6O2S. The highest BCUT2D eigenvalue weighted by Gasteiger charge is 2.42. The number of hydrogen-bond acceptors (Lipinski definition) is 5. The molecule has 39 heavy (non-hydrogen) atoms. The van der Waals surface area contributed by atoms with Gasteiger partial charge in [-0.2, -0.15) is 0 Å². The molecule has 0 radical (unpaired) electrons. The minimum atomic E-state index is -0.282. The number of benzene rings is 1. The molecule has 0 aliphatic carbocycles. The summed E-state index contributed by atoms with van der Waals surface area (Å²) in [5.74, 6) is 0.575. The summed E-state index contributed by atoms with van der Waals surface area (Å²) in [4.78, 5) is 23.4. The highest BCUT2D eigenvalue weighted by Crippen LogP contribution is 2.44. The van der Waals surface area contributed by atoms with Gasteiger partial charge in [0.15, 0.2) is 5.11 Å². The van der Waals surface area contributed by atoms with Crippen molar-refractivity contribution in [3.63, 3.8) is 0 Å². The van der Waals surface area contributed by atoms with Crippen LogP contribution in [0.25, 0.3) is 5.82 Å². The van der Waals surface area contributed by atoms with Gasteiger partial charge in [-0.3, -0.25) is 9.78 Å². The van der Waals surface area contributed by atoms with Crippen LogP contribution in [0.1, 0.15) is 40.3 Å². The van der Waals surface area contributed by atoms with Crippen LogP contribution in [0.2, 0.25) is 5.02 Å². The number of amides is 1. The number of anilines is 2. The Hall–Kier alpha value is -3.79. The first-order valence-electron chi connectivity index (χ1n) is 12.5. The second-order valence-electron chi connectivity index (χ2n) is 9.50. The topological polar surface area (TPSA) is 84.3 Å². The van der Waals surface area contributed by atoms with Crippen molar-refractivity contribution < 1.29 is 9.53 Å². The molecule has 1 fully saturated rings. The monoisotopic (exact) mass is 560 g/mol. The number of pyridine rings is 2. The third-order valence-electron chi connectivity index (χ3n) is 6.79. The maximum Gasteiger partial charge on any atom is 0.250 e. The summed E-state index contributed by atoms with van der Waals surface area (Å²) in [6, 6.07) is 17.2. The summed E-state index contributed by atoms with van der Waals surface area (Å²) in [5.41, 5.74) is 6.48. The fourth-order valence-corrected chi connectivity index (χ4v) is 5.62. The summed E-state index contributed by atoms with van der Waals surface area (Å²) >= 11 is 12.5. The summed E-state index contributed by atoms with van der Waals surface area (Å²) in [7, 11) is 1.47. The Kier molecular flexibility index (Phi) is 7.65. The number of aromatic nitrogens is 3. The van der Waals surface area contributed by atoms with Crippen LogP contribution >= 0.6 is 23.8 Å². The molecule has 0 bridgehead atoms. The van der Waals surface area contributed by atoms with Crippen LogP contribution in [-0.2, 0) is 9.53 Å². The van der Waals surface area contributed by atoms with E-state index in [0.29, 0.717) is 15.8 Å². The minimum absolute atomic E-state index is 0.0580. The minimum Gasteiger partial charge on any atom is -0.375 e. The van der Waals surface area contributed by atoms with Crippen LogP contribution in [0.3, 0.4) is 0 Å². The van der Waals surface area contributed by atoms with Gasteiger partial charge in [0.25, 0.3) is 0 Å². The largest absolute Gasteiger partial charge is 0.375 e. The highest BCUT2D eigenvalue weighted by molar-refractivity contribution is 7.80. The third-order valence-corrected chi connectivity index (χ3v) is 7.42. The first-order valence-corrected chi connectivity index (χ1v) is 13.3. The van der Waals surface area contributed by atoms with E-state index in [2.05, 4.69) is 56.0 Å². The van der Waals surface area contributed by atoms with Gasteiger partial charge in [-0.15, -0.1) is 0 Å². The molecule has 1 amide bonds. The number of hydrogen-bond donors (Lipinski definition) is 2. The maximum absolute atomic E-state index is 12.1. The van der Waals surface area contributed by atoms with Crippen molar-refractivity contribution in [1.29, 1.82) is 0 Å². The molecular weight excluding hydrogens is 532 g/mol. The molecule has 1 aliphatic rings. The molecule has 200 valence electrons. The Balaban J connectivity index is 1.60. The zero-order valence-corrected chi connectivity index (χ0v) is 23.7. The molecule has 3 aromatic heterocycles. The fourth-order valence-electron chi connectivity index (χ4n) is 5.05. The lowest BCUT2D eigenvalue weighted by atomic mass is 9.96. The third kappa shape index (κ3) is 5.25. The summed E-state index contributed by atoms with van der Waals surface area (Å²) in [6.07, 6.45) is 3.66. The van der Waals surface area contributed by atoms with Crippen LogP contribution < -0.4 is 15.5 Å². The van der Waals surface area contributed by atoms with Crippen molar-refractivity contribution in [2.24, 2.45) is 0 Å². The summed E-state index contributed by atoms with van der Waals surface area (Å²) < 4.78 is 7.07. The molecule has 8 nitrogen and oxygen atoms in total. The summed E-state index contributed by atoms with van der Waals surface area (Å²) in [6.45, 7) is 6.14. The Bertz CT molecular complexity index is 1520. The van der Waals surface area contributed by atoms with Crippen LogP contribution in [0, 0.1) is 20.8 Å². The number of thiocarbonyl (C=S) groups is 1. The maximum atomic E-state index is 12.1. The van der Waals surface area contributed by atoms with Gasteiger partial charge in [-0.25, -0.2) is 4.98 Å². The first-order chi connectivity index (χ1) is 18.8. The van der Waals surface area contributed by atoms with Gasteiger partial charge in [0, 0.05) is 36.6 Å². The van der Waals surface area contributed by atoms with E-state index in [0.717, 1.165) is 39.7 Å². The van der Waals surface area contributed by atoms with Gasteiger partial charge in [-0.1, -0.05) is 23.7 Å². The van der Waals surface area contributed by atoms with E-state index in [4.69, 9.17) is 28.6 Å². The Morgan fingerprint density at radius 3 is 2.62 bits per heavy atom. The molecule has 0 spiro atoms. The Morgan fingerprint density at radius 1 is 1.13 bits per heavy atom. The van der Waals surface area contributed by atoms with Crippen LogP contribution in [0.5, 0.6) is 0 Å². The molecule has 0 unspecified atom stereocenters. The number of methoxy groups -OCH3 is 1. The molecule has 2 N–H and O–H groups in total. The molecule has 4 aromatic rings. The van der Waals surface area contributed by atoms with Crippen molar-refractivity contribution in [3.05, 3.63) is 100 Å². The van der Waals surface area contributed by atoms with Gasteiger partial charge in [0.1, 0.15) is 12.4 Å². The van der Waals surface area contributed by atoms with Gasteiger partial charge in [0.2, 0.25) is 5.91 Å². The standard InChI is InChI=1S/C29H29ClN6O2S/c1-17-8-11-25(32-15-17)35-18(2)13-21(19(35)3)28-27(24-7-5-6-12-31-24)34-29(39)36(28)20-9-10-23(22(30)14-20)33-26(37)16-38-4/h5-15,27-28H,16H2,1-4H3,(H,33,37)(H,34,39)/t27-,28-/m1/s1. The average molecular weight is 561 g/mol. The smallest absolute Gasteiger partial charge is 0.250 e. The van der Waals surface area contributed by atoms with E-state index in [9.17, 15) is 4.79 Å². The predicted molar refractivity (Wildman–Crippen MR) is 158 cm³/mol. The number of ether oxygens (including phenoxy) is 1. The van der Waals surface area contributed by atoms with Gasteiger partial charge in [0.05, 0.1) is 28.5 Å². The molecule has 0 saturated carbocycles. The van der Waals surface area contributed by atoms with Crippen molar-refractivity contribution >= 4 is 46.2 Å². The molecule has 1 saturated heterocycles. The second-order valence-corrected chi connectivity index (χ2v) is 10.3. The van der Waals surface area contributed by atoms with E-state index in [1.807, 2.05) is 49.5 Å². The number of rotatable bonds is 7. The lowest BCUT2D eigenvalue weighted by Crippen LogP contribution is -2.29. The number of halogens is 1. The van der Waals surface area contributed by atoms with E-state index < -0.39 is 0 Å². The molecule has 4 heterocycles. The Labute approximate surface area is 238 Å². The molecule has 2 atom stereocenters. The number of nitrogens with zero attached hydrogens (tertiary/aromatic N) is 4. The van der Waals surface area contributed by atoms with Crippen molar-refractivity contribution in [2.45, 2.75) is 32.9 Å². The van der Waals surface area contributed by atoms with E-state index in [1.54, 1.807) is 12.3 Å². The number of aryl methyl sites for hydroxylation is 2. The highest BCUT2D eigenvalue weighted by atomic mass is 35.5. The van der Waals surface area contributed by atoms with Crippen LogP contribution in [-0.4, -0.2) is 39.3 Å². The lowest BCUT2D eigenvalue weighted by molar-refractivity contribution is -0.119. The van der Waals surface area contributed by atoms with Gasteiger partial charge < -0.3 is 24.8 Å². The number of carbonyl (C=O) groups excluding carboxylic acids is 1. The van der Waals surface area contributed by atoms with Crippen LogP contribution in [0.4, 0.5) is 11.4 Å². The number of carbonyl (C=O) groups is 1. The van der Waals surface area contributed by atoms with Gasteiger partial charge >= 0.3 is 0 Å². The summed E-state index contributed by atoms with van der Waals surface area (Å²) in [5, 5.41) is 7.22. The van der Waals surface area contributed by atoms with Crippen LogP contribution in [0.15, 0.2) is 67.0 Å². The molecule has 1 aromatic carbocycles. The van der Waals surface area contributed by atoms with Gasteiger partial charge in [-0.05, 0) is 86.6 Å². The SMILES string of the molecule is COCC(=O)Nc1ccc(N2C(=S)N[C@H](c3ccccn3)[C@H]2c2cc(C)n(-c3ccc(C)cn3)c2C)cc1Cl. The zero-order valence-electron chi connectivity index (χ0n) is 22.1. The average Bonchev–Trinajstić information content (AvgIpc) is 3.41. The Morgan fingerprint density at radius 2 is 1.95 bits per heavy atom. The fraction of sp³-hybridized carbons (Fsp3) is 0.241.